The van der Waals surface area contributed by atoms with Crippen molar-refractivity contribution in [3.8, 4) is 0 Å². The van der Waals surface area contributed by atoms with Gasteiger partial charge in [-0.25, -0.2) is 4.98 Å². The summed E-state index contributed by atoms with van der Waals surface area (Å²) >= 11 is 3.66. The van der Waals surface area contributed by atoms with Crippen LogP contribution in [0.3, 0.4) is 0 Å². The van der Waals surface area contributed by atoms with E-state index in [9.17, 15) is 0 Å². The van der Waals surface area contributed by atoms with Gasteiger partial charge < -0.3 is 14.6 Å². The van der Waals surface area contributed by atoms with Crippen molar-refractivity contribution in [2.75, 3.05) is 11.9 Å². The van der Waals surface area contributed by atoms with Gasteiger partial charge in [-0.3, -0.25) is 0 Å². The lowest BCUT2D eigenvalue weighted by molar-refractivity contribution is 0.0899. The molecule has 6 heteroatoms. The second kappa shape index (κ2) is 7.58. The Balaban J connectivity index is 1.72. The van der Waals surface area contributed by atoms with E-state index in [0.717, 1.165) is 16.7 Å². The molecule has 24 heavy (non-hydrogen) atoms. The van der Waals surface area contributed by atoms with E-state index in [4.69, 9.17) is 4.74 Å². The van der Waals surface area contributed by atoms with Crippen molar-refractivity contribution in [2.45, 2.75) is 64.1 Å². The second-order valence-corrected chi connectivity index (χ2v) is 14.5. The molecule has 0 atom stereocenters. The monoisotopic (exact) mass is 409 g/mol. The number of aromatic nitrogens is 2. The van der Waals surface area contributed by atoms with Crippen LogP contribution in [-0.2, 0) is 11.5 Å². The van der Waals surface area contributed by atoms with Crippen molar-refractivity contribution in [1.29, 1.82) is 0 Å². The highest BCUT2D eigenvalue weighted by Crippen LogP contribution is 2.33. The lowest BCUT2D eigenvalue weighted by atomic mass is 10.2. The Kier molecular flexibility index (Phi) is 5.67. The number of hydrogen-bond acceptors (Lipinski definition) is 3. The fourth-order valence-electron chi connectivity index (χ4n) is 3.18. The molecule has 4 nitrogen and oxygen atoms in total. The quantitative estimate of drug-likeness (QED) is 0.486. The highest BCUT2D eigenvalue weighted by Gasteiger charge is 2.18. The van der Waals surface area contributed by atoms with Crippen LogP contribution < -0.4 is 5.32 Å². The Morgan fingerprint density at radius 2 is 2.08 bits per heavy atom. The highest BCUT2D eigenvalue weighted by atomic mass is 79.9. The van der Waals surface area contributed by atoms with Gasteiger partial charge in [-0.2, -0.15) is 0 Å². The van der Waals surface area contributed by atoms with Crippen molar-refractivity contribution in [1.82, 2.24) is 9.55 Å². The maximum absolute atomic E-state index is 5.89. The van der Waals surface area contributed by atoms with Gasteiger partial charge in [0.2, 0.25) is 0 Å². The smallest absolute Gasteiger partial charge is 0.143 e. The Labute approximate surface area is 154 Å². The van der Waals surface area contributed by atoms with E-state index in [1.165, 1.54) is 42.8 Å². The first-order chi connectivity index (χ1) is 11.4. The average molecular weight is 410 g/mol. The number of nitrogens with zero attached hydrogens (tertiary/aromatic N) is 2. The van der Waals surface area contributed by atoms with Crippen LogP contribution in [0, 0.1) is 0 Å². The largest absolute Gasteiger partial charge is 0.381 e. The lowest BCUT2D eigenvalue weighted by Gasteiger charge is -2.17. The normalized spacial score (nSPS) is 16.2. The maximum atomic E-state index is 5.89. The van der Waals surface area contributed by atoms with Crippen molar-refractivity contribution >= 4 is 40.7 Å². The molecule has 3 rings (SSSR count). The van der Waals surface area contributed by atoms with Gasteiger partial charge in [-0.1, -0.05) is 32.5 Å². The third-order valence-electron chi connectivity index (χ3n) is 4.67. The summed E-state index contributed by atoms with van der Waals surface area (Å²) in [6.07, 6.45) is 9.16. The predicted molar refractivity (Wildman–Crippen MR) is 107 cm³/mol. The molecule has 0 aromatic carbocycles. The van der Waals surface area contributed by atoms with Crippen LogP contribution in [0.2, 0.25) is 25.7 Å². The van der Waals surface area contributed by atoms with Crippen LogP contribution in [0.4, 0.5) is 5.69 Å². The molecule has 132 valence electrons. The van der Waals surface area contributed by atoms with Gasteiger partial charge in [-0.15, -0.1) is 0 Å². The van der Waals surface area contributed by atoms with E-state index in [0.29, 0.717) is 12.8 Å². The van der Waals surface area contributed by atoms with Crippen molar-refractivity contribution in [3.05, 3.63) is 22.9 Å². The average Bonchev–Trinajstić information content (AvgIpc) is 3.15. The van der Waals surface area contributed by atoms with E-state index in [-0.39, 0.29) is 0 Å². The van der Waals surface area contributed by atoms with Gasteiger partial charge in [0.05, 0.1) is 10.2 Å². The summed E-state index contributed by atoms with van der Waals surface area (Å²) in [6, 6.07) is 3.93. The molecule has 0 amide bonds. The SMILES string of the molecule is C[Si](C)(C)CCOCn1ccc2c(NC3CCCC3)c(Br)cnc21. The molecule has 2 heterocycles. The molecule has 1 N–H and O–H groups in total. The number of fused-ring (bicyclic) bond motifs is 1. The maximum Gasteiger partial charge on any atom is 0.143 e. The summed E-state index contributed by atoms with van der Waals surface area (Å²) < 4.78 is 9.04. The van der Waals surface area contributed by atoms with E-state index in [2.05, 4.69) is 62.7 Å². The Morgan fingerprint density at radius 1 is 1.33 bits per heavy atom. The minimum atomic E-state index is -1.04. The molecular weight excluding hydrogens is 382 g/mol. The zero-order valence-corrected chi connectivity index (χ0v) is 17.5. The predicted octanol–water partition coefficient (Wildman–Crippen LogP) is 5.47. The second-order valence-electron chi connectivity index (χ2n) is 7.98. The van der Waals surface area contributed by atoms with Crippen LogP contribution in [-0.4, -0.2) is 30.3 Å². The first-order valence-electron chi connectivity index (χ1n) is 8.92. The minimum absolute atomic E-state index is 0.575. The number of anilines is 1. The molecule has 1 saturated carbocycles. The lowest BCUT2D eigenvalue weighted by Crippen LogP contribution is -2.22. The van der Waals surface area contributed by atoms with Crippen LogP contribution in [0.1, 0.15) is 25.7 Å². The molecule has 1 aliphatic carbocycles. The van der Waals surface area contributed by atoms with Crippen molar-refractivity contribution in [3.63, 3.8) is 0 Å². The number of nitrogens with one attached hydrogen (secondary N) is 1. The Morgan fingerprint density at radius 3 is 2.79 bits per heavy atom. The molecular formula is C18H28BrN3OSi. The van der Waals surface area contributed by atoms with Gasteiger partial charge >= 0.3 is 0 Å². The van der Waals surface area contributed by atoms with Crippen molar-refractivity contribution in [2.24, 2.45) is 0 Å². The Bertz CT molecular complexity index is 689. The molecule has 2 aromatic rings. The van der Waals surface area contributed by atoms with Crippen LogP contribution in [0.5, 0.6) is 0 Å². The van der Waals surface area contributed by atoms with E-state index in [1.807, 2.05) is 6.20 Å². The van der Waals surface area contributed by atoms with Gasteiger partial charge in [0.25, 0.3) is 0 Å². The Hall–Kier alpha value is -0.853. The fraction of sp³-hybridized carbons (Fsp3) is 0.611. The van der Waals surface area contributed by atoms with Crippen LogP contribution >= 0.6 is 15.9 Å². The first-order valence-corrected chi connectivity index (χ1v) is 13.4. The molecule has 0 saturated heterocycles. The van der Waals surface area contributed by atoms with E-state index in [1.54, 1.807) is 0 Å². The van der Waals surface area contributed by atoms with Gasteiger partial charge in [0.1, 0.15) is 12.4 Å². The summed E-state index contributed by atoms with van der Waals surface area (Å²) in [5, 5.41) is 4.89. The molecule has 2 aromatic heterocycles. The van der Waals surface area contributed by atoms with Gasteiger partial charge in [0.15, 0.2) is 0 Å². The zero-order chi connectivity index (χ0) is 17.2. The van der Waals surface area contributed by atoms with Gasteiger partial charge in [-0.05, 0) is 40.9 Å². The van der Waals surface area contributed by atoms with Crippen LogP contribution in [0.15, 0.2) is 22.9 Å². The molecule has 0 unspecified atom stereocenters. The molecule has 1 aliphatic rings. The minimum Gasteiger partial charge on any atom is -0.381 e. The summed E-state index contributed by atoms with van der Waals surface area (Å²) in [7, 11) is -1.04. The molecule has 0 aliphatic heterocycles. The molecule has 0 radical (unpaired) electrons. The third kappa shape index (κ3) is 4.40. The summed E-state index contributed by atoms with van der Waals surface area (Å²) in [6.45, 7) is 8.54. The number of rotatable bonds is 7. The number of halogens is 1. The van der Waals surface area contributed by atoms with Gasteiger partial charge in [0, 0.05) is 38.5 Å². The molecule has 0 spiro atoms. The topological polar surface area (TPSA) is 39.1 Å². The fourth-order valence-corrected chi connectivity index (χ4v) is 4.37. The third-order valence-corrected chi connectivity index (χ3v) is 6.98. The highest BCUT2D eigenvalue weighted by molar-refractivity contribution is 9.10. The number of ether oxygens (including phenoxy) is 1. The first kappa shape index (κ1) is 18.0. The molecule has 0 bridgehead atoms. The van der Waals surface area contributed by atoms with E-state index >= 15 is 0 Å². The zero-order valence-electron chi connectivity index (χ0n) is 14.9. The summed E-state index contributed by atoms with van der Waals surface area (Å²) in [5.41, 5.74) is 2.17. The summed E-state index contributed by atoms with van der Waals surface area (Å²) in [5.74, 6) is 0. The van der Waals surface area contributed by atoms with Crippen LogP contribution in [0.25, 0.3) is 11.0 Å². The van der Waals surface area contributed by atoms with E-state index < -0.39 is 8.07 Å². The molecule has 1 fully saturated rings. The standard InChI is InChI=1S/C18H28BrN3OSi/c1-24(2,3)11-10-23-13-22-9-8-15-17(16(19)12-20-18(15)22)21-14-6-4-5-7-14/h8-9,12,14H,4-7,10-11,13H2,1-3H3,(H,20,21). The summed E-state index contributed by atoms with van der Waals surface area (Å²) in [4.78, 5) is 4.61. The van der Waals surface area contributed by atoms with Crippen molar-refractivity contribution < 1.29 is 4.74 Å². The number of hydrogen-bond donors (Lipinski definition) is 1. The number of pyridine rings is 1.